The zero-order chi connectivity index (χ0) is 19.3. The van der Waals surface area contributed by atoms with Crippen LogP contribution in [0, 0.1) is 6.92 Å². The predicted molar refractivity (Wildman–Crippen MR) is 85.6 cm³/mol. The van der Waals surface area contributed by atoms with E-state index in [0.717, 1.165) is 11.6 Å². The summed E-state index contributed by atoms with van der Waals surface area (Å²) < 4.78 is 92.3. The van der Waals surface area contributed by atoms with Gasteiger partial charge in [-0.2, -0.15) is 22.0 Å². The molecule has 9 heteroatoms. The largest absolute Gasteiger partial charge is 0.458 e. The quantitative estimate of drug-likeness (QED) is 0.602. The van der Waals surface area contributed by atoms with Crippen LogP contribution in [0.5, 0.6) is 0 Å². The molecule has 3 rings (SSSR count). The third-order valence-corrected chi connectivity index (χ3v) is 5.64. The zero-order valence-electron chi connectivity index (χ0n) is 13.3. The van der Waals surface area contributed by atoms with Crippen molar-refractivity contribution in [2.24, 2.45) is 0 Å². The number of fused-ring (bicyclic) bond motifs is 1. The summed E-state index contributed by atoms with van der Waals surface area (Å²) in [6, 6.07) is 10.4. The second-order valence-corrected chi connectivity index (χ2v) is 7.56. The lowest BCUT2D eigenvalue weighted by molar-refractivity contribution is -0.288. The Hall–Kier alpha value is -2.42. The van der Waals surface area contributed by atoms with Crippen molar-refractivity contribution in [1.82, 2.24) is 3.97 Å². The van der Waals surface area contributed by atoms with Crippen LogP contribution in [0.3, 0.4) is 0 Å². The Labute approximate surface area is 145 Å². The average Bonchev–Trinajstić information content (AvgIpc) is 2.95. The van der Waals surface area contributed by atoms with Crippen molar-refractivity contribution >= 4 is 20.9 Å². The first-order valence-electron chi connectivity index (χ1n) is 7.33. The molecule has 0 fully saturated rings. The fourth-order valence-corrected chi connectivity index (χ4v) is 3.94. The van der Waals surface area contributed by atoms with E-state index in [-0.39, 0.29) is 10.4 Å². The van der Waals surface area contributed by atoms with Crippen molar-refractivity contribution in [2.75, 3.05) is 0 Å². The lowest BCUT2D eigenvalue weighted by Gasteiger charge is -2.18. The number of nitrogens with zero attached hydrogens (tertiary/aromatic N) is 1. The van der Waals surface area contributed by atoms with Crippen molar-refractivity contribution in [3.8, 4) is 0 Å². The van der Waals surface area contributed by atoms with E-state index in [1.54, 1.807) is 6.92 Å². The van der Waals surface area contributed by atoms with E-state index >= 15 is 0 Å². The van der Waals surface area contributed by atoms with E-state index in [2.05, 4.69) is 0 Å². The Morgan fingerprint density at radius 1 is 0.885 bits per heavy atom. The second-order valence-electron chi connectivity index (χ2n) is 5.75. The Kier molecular flexibility index (Phi) is 4.10. The molecule has 0 aliphatic rings. The van der Waals surface area contributed by atoms with Gasteiger partial charge in [-0.1, -0.05) is 35.9 Å². The molecule has 0 N–H and O–H groups in total. The maximum atomic E-state index is 13.9. The van der Waals surface area contributed by atoms with Gasteiger partial charge in [0.25, 0.3) is 10.0 Å². The summed E-state index contributed by atoms with van der Waals surface area (Å²) in [6.45, 7) is 1.73. The molecule has 2 aromatic carbocycles. The third kappa shape index (κ3) is 2.76. The van der Waals surface area contributed by atoms with E-state index in [1.165, 1.54) is 42.5 Å². The van der Waals surface area contributed by atoms with Gasteiger partial charge in [-0.3, -0.25) is 0 Å². The number of halogens is 5. The normalized spacial score (nSPS) is 13.3. The highest BCUT2D eigenvalue weighted by Crippen LogP contribution is 2.47. The van der Waals surface area contributed by atoms with Crippen LogP contribution in [0.1, 0.15) is 11.1 Å². The number of rotatable bonds is 3. The number of aromatic nitrogens is 1. The second kappa shape index (κ2) is 5.80. The highest BCUT2D eigenvalue weighted by Gasteiger charge is 2.60. The highest BCUT2D eigenvalue weighted by atomic mass is 32.2. The number of alkyl halides is 5. The molecule has 138 valence electrons. The molecule has 0 spiro atoms. The van der Waals surface area contributed by atoms with Crippen molar-refractivity contribution in [1.29, 1.82) is 0 Å². The van der Waals surface area contributed by atoms with E-state index in [9.17, 15) is 30.4 Å². The van der Waals surface area contributed by atoms with Crippen LogP contribution >= 0.6 is 0 Å². The van der Waals surface area contributed by atoms with E-state index < -0.39 is 33.1 Å². The Morgan fingerprint density at radius 3 is 2.04 bits per heavy atom. The first-order chi connectivity index (χ1) is 12.0. The standard InChI is InChI=1S/C17H12F5NO2S/c1-11-6-8-12(9-7-11)26(24,25)23-10-14(16(18,19)17(20,21)22)13-4-2-3-5-15(13)23/h2-10H,1H3. The van der Waals surface area contributed by atoms with Crippen molar-refractivity contribution in [3.05, 3.63) is 65.9 Å². The molecular formula is C17H12F5NO2S. The molecule has 0 atom stereocenters. The van der Waals surface area contributed by atoms with E-state index in [1.807, 2.05) is 0 Å². The van der Waals surface area contributed by atoms with Gasteiger partial charge in [-0.15, -0.1) is 0 Å². The first kappa shape index (κ1) is 18.4. The van der Waals surface area contributed by atoms with Gasteiger partial charge in [0, 0.05) is 11.6 Å². The van der Waals surface area contributed by atoms with Crippen molar-refractivity contribution < 1.29 is 30.4 Å². The molecule has 3 aromatic rings. The lowest BCUT2D eigenvalue weighted by Crippen LogP contribution is -2.33. The molecule has 0 saturated carbocycles. The first-order valence-corrected chi connectivity index (χ1v) is 8.77. The van der Waals surface area contributed by atoms with Crippen LogP contribution < -0.4 is 0 Å². The summed E-state index contributed by atoms with van der Waals surface area (Å²) in [5.74, 6) is -5.19. The monoisotopic (exact) mass is 389 g/mol. The van der Waals surface area contributed by atoms with Gasteiger partial charge in [0.1, 0.15) is 0 Å². The van der Waals surface area contributed by atoms with Crippen LogP contribution in [0.2, 0.25) is 0 Å². The molecular weight excluding hydrogens is 377 g/mol. The zero-order valence-corrected chi connectivity index (χ0v) is 14.1. The topological polar surface area (TPSA) is 39.1 Å². The molecule has 0 bridgehead atoms. The number of benzene rings is 2. The van der Waals surface area contributed by atoms with E-state index in [4.69, 9.17) is 0 Å². The minimum atomic E-state index is -5.85. The van der Waals surface area contributed by atoms with Crippen LogP contribution in [-0.2, 0) is 15.9 Å². The fraction of sp³-hybridized carbons (Fsp3) is 0.176. The summed E-state index contributed by atoms with van der Waals surface area (Å²) >= 11 is 0. The number of hydrogen-bond acceptors (Lipinski definition) is 2. The smallest absolute Gasteiger partial charge is 0.241 e. The molecule has 0 aliphatic heterocycles. The number of para-hydroxylation sites is 1. The van der Waals surface area contributed by atoms with Gasteiger partial charge in [0.2, 0.25) is 0 Å². The molecule has 1 heterocycles. The maximum Gasteiger partial charge on any atom is 0.458 e. The summed E-state index contributed by atoms with van der Waals surface area (Å²) in [5, 5.41) is -0.481. The summed E-state index contributed by atoms with van der Waals surface area (Å²) in [6.07, 6.45) is -5.51. The van der Waals surface area contributed by atoms with Crippen LogP contribution in [0.15, 0.2) is 59.6 Å². The number of aryl methyl sites for hydroxylation is 1. The van der Waals surface area contributed by atoms with Gasteiger partial charge < -0.3 is 0 Å². The molecule has 1 aromatic heterocycles. The van der Waals surface area contributed by atoms with E-state index in [0.29, 0.717) is 10.2 Å². The third-order valence-electron chi connectivity index (χ3n) is 3.95. The molecule has 0 amide bonds. The predicted octanol–water partition coefficient (Wildman–Crippen LogP) is 4.84. The summed E-state index contributed by atoms with van der Waals surface area (Å²) in [4.78, 5) is -0.217. The maximum absolute atomic E-state index is 13.9. The molecule has 0 aliphatic carbocycles. The Bertz CT molecular complexity index is 1070. The molecule has 0 radical (unpaired) electrons. The van der Waals surface area contributed by atoms with Crippen molar-refractivity contribution in [3.63, 3.8) is 0 Å². The molecule has 0 saturated heterocycles. The highest BCUT2D eigenvalue weighted by molar-refractivity contribution is 7.90. The Balaban J connectivity index is 2.31. The number of hydrogen-bond donors (Lipinski definition) is 0. The minimum absolute atomic E-state index is 0.217. The van der Waals surface area contributed by atoms with Gasteiger partial charge in [-0.25, -0.2) is 12.4 Å². The van der Waals surface area contributed by atoms with Gasteiger partial charge >= 0.3 is 12.1 Å². The van der Waals surface area contributed by atoms with Crippen LogP contribution in [0.4, 0.5) is 22.0 Å². The van der Waals surface area contributed by atoms with Crippen molar-refractivity contribution in [2.45, 2.75) is 23.9 Å². The molecule has 26 heavy (non-hydrogen) atoms. The summed E-state index contributed by atoms with van der Waals surface area (Å²) in [5.41, 5.74) is -0.895. The van der Waals surface area contributed by atoms with Gasteiger partial charge in [0.05, 0.1) is 16.0 Å². The van der Waals surface area contributed by atoms with Crippen LogP contribution in [0.25, 0.3) is 10.9 Å². The summed E-state index contributed by atoms with van der Waals surface area (Å²) in [7, 11) is -4.35. The van der Waals surface area contributed by atoms with Gasteiger partial charge in [0.15, 0.2) is 0 Å². The minimum Gasteiger partial charge on any atom is -0.241 e. The fourth-order valence-electron chi connectivity index (χ4n) is 2.58. The molecule has 3 nitrogen and oxygen atoms in total. The Morgan fingerprint density at radius 2 is 1.46 bits per heavy atom. The SMILES string of the molecule is Cc1ccc(S(=O)(=O)n2cc(C(F)(F)C(F)(F)F)c3ccccc32)cc1. The molecule has 0 unspecified atom stereocenters. The average molecular weight is 389 g/mol. The lowest BCUT2D eigenvalue weighted by atomic mass is 10.1. The van der Waals surface area contributed by atoms with Crippen LogP contribution in [-0.4, -0.2) is 18.6 Å². The van der Waals surface area contributed by atoms with Gasteiger partial charge in [-0.05, 0) is 25.1 Å².